The number of furan rings is 1. The number of anilines is 2. The van der Waals surface area contributed by atoms with Gasteiger partial charge in [0.25, 0.3) is 5.91 Å². The highest BCUT2D eigenvalue weighted by atomic mass is 16.5. The van der Waals surface area contributed by atoms with Crippen molar-refractivity contribution in [3.8, 4) is 5.75 Å². The van der Waals surface area contributed by atoms with E-state index in [-0.39, 0.29) is 17.7 Å². The van der Waals surface area contributed by atoms with Crippen molar-refractivity contribution in [3.05, 3.63) is 78.3 Å². The maximum atomic E-state index is 13.1. The number of ether oxygens (including phenoxy) is 1. The van der Waals surface area contributed by atoms with E-state index in [4.69, 9.17) is 9.15 Å². The molecule has 0 saturated carbocycles. The summed E-state index contributed by atoms with van der Waals surface area (Å²) in [5, 5.41) is 2.78. The van der Waals surface area contributed by atoms with E-state index in [0.29, 0.717) is 25.3 Å². The van der Waals surface area contributed by atoms with Crippen LogP contribution in [0.25, 0.3) is 0 Å². The Labute approximate surface area is 174 Å². The number of rotatable bonds is 6. The molecule has 0 radical (unpaired) electrons. The fourth-order valence-corrected chi connectivity index (χ4v) is 3.53. The van der Waals surface area contributed by atoms with Gasteiger partial charge in [0, 0.05) is 30.0 Å². The third kappa shape index (κ3) is 4.15. The summed E-state index contributed by atoms with van der Waals surface area (Å²) in [5.74, 6) is 0.709. The molecule has 3 aromatic rings. The van der Waals surface area contributed by atoms with Crippen LogP contribution in [0, 0.1) is 0 Å². The molecule has 2 heterocycles. The van der Waals surface area contributed by atoms with E-state index in [9.17, 15) is 9.59 Å². The number of amides is 3. The molecule has 1 N–H and O–H groups in total. The molecular weight excluding hydrogens is 382 g/mol. The second-order valence-corrected chi connectivity index (χ2v) is 7.00. The molecule has 0 spiro atoms. The quantitative estimate of drug-likeness (QED) is 0.661. The summed E-state index contributed by atoms with van der Waals surface area (Å²) < 4.78 is 10.5. The Bertz CT molecular complexity index is 1020. The first-order chi connectivity index (χ1) is 14.7. The molecule has 1 aliphatic rings. The molecule has 154 valence electrons. The number of nitrogens with zero attached hydrogens (tertiary/aromatic N) is 2. The van der Waals surface area contributed by atoms with Crippen molar-refractivity contribution in [1.82, 2.24) is 4.90 Å². The van der Waals surface area contributed by atoms with E-state index in [1.807, 2.05) is 41.3 Å². The summed E-state index contributed by atoms with van der Waals surface area (Å²) in [6.07, 6.45) is 2.33. The molecule has 30 heavy (non-hydrogen) atoms. The monoisotopic (exact) mass is 405 g/mol. The Balaban J connectivity index is 1.44. The fraction of sp³-hybridized carbons (Fsp3) is 0.217. The topological polar surface area (TPSA) is 75.0 Å². The van der Waals surface area contributed by atoms with Crippen LogP contribution in [0.5, 0.6) is 5.75 Å². The van der Waals surface area contributed by atoms with E-state index < -0.39 is 0 Å². The zero-order chi connectivity index (χ0) is 20.9. The van der Waals surface area contributed by atoms with Gasteiger partial charge >= 0.3 is 6.03 Å². The SMILES string of the molecule is COc1ccccc1CN1CCCN(c2ccc(NC(=O)c3ccco3)cc2)C1=O. The smallest absolute Gasteiger partial charge is 0.324 e. The summed E-state index contributed by atoms with van der Waals surface area (Å²) in [6.45, 7) is 1.85. The number of carbonyl (C=O) groups excluding carboxylic acids is 2. The van der Waals surface area contributed by atoms with Crippen molar-refractivity contribution in [2.24, 2.45) is 0 Å². The number of benzene rings is 2. The van der Waals surface area contributed by atoms with Crippen molar-refractivity contribution in [2.45, 2.75) is 13.0 Å². The van der Waals surface area contributed by atoms with Crippen LogP contribution in [-0.2, 0) is 6.54 Å². The van der Waals surface area contributed by atoms with Gasteiger partial charge < -0.3 is 19.4 Å². The normalized spacial score (nSPS) is 14.0. The Morgan fingerprint density at radius 3 is 2.60 bits per heavy atom. The van der Waals surface area contributed by atoms with Gasteiger partial charge in [0.2, 0.25) is 0 Å². The third-order valence-electron chi connectivity index (χ3n) is 5.05. The van der Waals surface area contributed by atoms with E-state index in [2.05, 4.69) is 5.32 Å². The van der Waals surface area contributed by atoms with Gasteiger partial charge in [-0.25, -0.2) is 4.79 Å². The molecule has 4 rings (SSSR count). The van der Waals surface area contributed by atoms with E-state index in [1.165, 1.54) is 6.26 Å². The van der Waals surface area contributed by atoms with E-state index >= 15 is 0 Å². The first-order valence-corrected chi connectivity index (χ1v) is 9.79. The Morgan fingerprint density at radius 1 is 1.07 bits per heavy atom. The number of para-hydroxylation sites is 1. The van der Waals surface area contributed by atoms with Gasteiger partial charge in [0.15, 0.2) is 5.76 Å². The lowest BCUT2D eigenvalue weighted by atomic mass is 10.1. The van der Waals surface area contributed by atoms with Crippen molar-refractivity contribution < 1.29 is 18.7 Å². The lowest BCUT2D eigenvalue weighted by molar-refractivity contribution is 0.0996. The minimum Gasteiger partial charge on any atom is -0.496 e. The van der Waals surface area contributed by atoms with Crippen LogP contribution >= 0.6 is 0 Å². The van der Waals surface area contributed by atoms with Gasteiger partial charge in [-0.15, -0.1) is 0 Å². The minimum atomic E-state index is -0.315. The molecule has 0 aliphatic carbocycles. The molecule has 3 amide bonds. The third-order valence-corrected chi connectivity index (χ3v) is 5.05. The van der Waals surface area contributed by atoms with Crippen LogP contribution in [0.1, 0.15) is 22.5 Å². The molecule has 7 heteroatoms. The summed E-state index contributed by atoms with van der Waals surface area (Å²) in [4.78, 5) is 28.8. The standard InChI is InChI=1S/C23H23N3O4/c1-29-20-7-3-2-6-17(20)16-25-13-5-14-26(23(25)28)19-11-9-18(10-12-19)24-22(27)21-8-4-15-30-21/h2-4,6-12,15H,5,13-14,16H2,1H3,(H,24,27). The number of hydrogen-bond donors (Lipinski definition) is 1. The molecule has 0 bridgehead atoms. The van der Waals surface area contributed by atoms with E-state index in [1.54, 1.807) is 36.3 Å². The average Bonchev–Trinajstić information content (AvgIpc) is 3.31. The van der Waals surface area contributed by atoms with Gasteiger partial charge in [-0.3, -0.25) is 9.69 Å². The highest BCUT2D eigenvalue weighted by Gasteiger charge is 2.27. The average molecular weight is 405 g/mol. The Hall–Kier alpha value is -3.74. The zero-order valence-corrected chi connectivity index (χ0v) is 16.7. The lowest BCUT2D eigenvalue weighted by Gasteiger charge is -2.36. The number of methoxy groups -OCH3 is 1. The maximum absolute atomic E-state index is 13.1. The molecule has 1 fully saturated rings. The molecular formula is C23H23N3O4. The van der Waals surface area contributed by atoms with Gasteiger partial charge in [-0.1, -0.05) is 18.2 Å². The van der Waals surface area contributed by atoms with Crippen molar-refractivity contribution >= 4 is 23.3 Å². The van der Waals surface area contributed by atoms with Crippen LogP contribution in [0.2, 0.25) is 0 Å². The fourth-order valence-electron chi connectivity index (χ4n) is 3.53. The van der Waals surface area contributed by atoms with Crippen molar-refractivity contribution in [1.29, 1.82) is 0 Å². The predicted molar refractivity (Wildman–Crippen MR) is 114 cm³/mol. The lowest BCUT2D eigenvalue weighted by Crippen LogP contribution is -2.49. The van der Waals surface area contributed by atoms with Crippen LogP contribution < -0.4 is 15.0 Å². The van der Waals surface area contributed by atoms with Crippen molar-refractivity contribution in [3.63, 3.8) is 0 Å². The van der Waals surface area contributed by atoms with Crippen LogP contribution in [-0.4, -0.2) is 37.0 Å². The number of carbonyl (C=O) groups is 2. The highest BCUT2D eigenvalue weighted by Crippen LogP contribution is 2.25. The summed E-state index contributed by atoms with van der Waals surface area (Å²) in [6, 6.07) is 18.2. The predicted octanol–water partition coefficient (Wildman–Crippen LogP) is 4.37. The second kappa shape index (κ2) is 8.73. The Morgan fingerprint density at radius 2 is 1.87 bits per heavy atom. The summed E-state index contributed by atoms with van der Waals surface area (Å²) in [7, 11) is 1.63. The summed E-state index contributed by atoms with van der Waals surface area (Å²) >= 11 is 0. The number of urea groups is 1. The van der Waals surface area contributed by atoms with Crippen molar-refractivity contribution in [2.75, 3.05) is 30.4 Å². The molecule has 0 atom stereocenters. The first-order valence-electron chi connectivity index (χ1n) is 9.79. The van der Waals surface area contributed by atoms with Crippen LogP contribution in [0.3, 0.4) is 0 Å². The van der Waals surface area contributed by atoms with E-state index in [0.717, 1.165) is 23.4 Å². The first kappa shape index (κ1) is 19.6. The second-order valence-electron chi connectivity index (χ2n) is 7.00. The number of nitrogens with one attached hydrogen (secondary N) is 1. The van der Waals surface area contributed by atoms with Gasteiger partial charge in [0.05, 0.1) is 19.9 Å². The molecule has 7 nitrogen and oxygen atoms in total. The van der Waals surface area contributed by atoms with Crippen LogP contribution in [0.4, 0.5) is 16.2 Å². The molecule has 2 aromatic carbocycles. The largest absolute Gasteiger partial charge is 0.496 e. The molecule has 1 aliphatic heterocycles. The van der Waals surface area contributed by atoms with Gasteiger partial charge in [-0.2, -0.15) is 0 Å². The summed E-state index contributed by atoms with van der Waals surface area (Å²) in [5.41, 5.74) is 2.40. The highest BCUT2D eigenvalue weighted by molar-refractivity contribution is 6.02. The number of hydrogen-bond acceptors (Lipinski definition) is 4. The maximum Gasteiger partial charge on any atom is 0.324 e. The molecule has 0 unspecified atom stereocenters. The van der Waals surface area contributed by atoms with Gasteiger partial charge in [0.1, 0.15) is 5.75 Å². The molecule has 1 aromatic heterocycles. The Kier molecular flexibility index (Phi) is 5.70. The molecule has 1 saturated heterocycles. The minimum absolute atomic E-state index is 0.0421. The van der Waals surface area contributed by atoms with Crippen LogP contribution in [0.15, 0.2) is 71.3 Å². The zero-order valence-electron chi connectivity index (χ0n) is 16.7. The van der Waals surface area contributed by atoms with Gasteiger partial charge in [-0.05, 0) is 48.9 Å².